The van der Waals surface area contributed by atoms with Gasteiger partial charge >= 0.3 is 0 Å². The van der Waals surface area contributed by atoms with Crippen molar-refractivity contribution in [2.75, 3.05) is 18.0 Å². The molecule has 124 valence electrons. The lowest BCUT2D eigenvalue weighted by Gasteiger charge is -2.30. The van der Waals surface area contributed by atoms with Gasteiger partial charge in [-0.05, 0) is 60.2 Å². The van der Waals surface area contributed by atoms with Gasteiger partial charge in [0.05, 0.1) is 11.2 Å². The molecule has 3 rings (SSSR count). The van der Waals surface area contributed by atoms with Crippen LogP contribution >= 0.6 is 15.9 Å². The van der Waals surface area contributed by atoms with Gasteiger partial charge in [0.2, 0.25) is 11.8 Å². The number of anilines is 1. The number of halogens is 1. The number of rotatable bonds is 5. The van der Waals surface area contributed by atoms with Gasteiger partial charge in [0.1, 0.15) is 5.92 Å². The van der Waals surface area contributed by atoms with Crippen LogP contribution in [0, 0.1) is 11.8 Å². The fourth-order valence-corrected chi connectivity index (χ4v) is 3.74. The molecule has 1 heterocycles. The number of carbonyl (C=O) groups excluding carboxylic acids is 2. The highest BCUT2D eigenvalue weighted by molar-refractivity contribution is 9.10. The number of para-hydroxylation sites is 1. The van der Waals surface area contributed by atoms with Crippen LogP contribution in [0.3, 0.4) is 0 Å². The van der Waals surface area contributed by atoms with Crippen LogP contribution in [-0.2, 0) is 9.59 Å². The second-order valence-corrected chi connectivity index (χ2v) is 7.52. The van der Waals surface area contributed by atoms with Gasteiger partial charge in [0, 0.05) is 17.6 Å². The van der Waals surface area contributed by atoms with Crippen molar-refractivity contribution in [3.8, 4) is 0 Å². The van der Waals surface area contributed by atoms with Gasteiger partial charge in [-0.1, -0.05) is 12.1 Å². The van der Waals surface area contributed by atoms with Crippen LogP contribution in [0.2, 0.25) is 0 Å². The van der Waals surface area contributed by atoms with E-state index in [-0.39, 0.29) is 11.8 Å². The maximum atomic E-state index is 12.7. The molecule has 1 aromatic rings. The minimum atomic E-state index is -0.619. The van der Waals surface area contributed by atoms with Crippen molar-refractivity contribution < 1.29 is 9.59 Å². The van der Waals surface area contributed by atoms with E-state index in [1.807, 2.05) is 31.2 Å². The summed E-state index contributed by atoms with van der Waals surface area (Å²) in [5, 5.41) is 3.04. The zero-order chi connectivity index (χ0) is 16.6. The van der Waals surface area contributed by atoms with E-state index in [1.54, 1.807) is 4.90 Å². The van der Waals surface area contributed by atoms with E-state index in [2.05, 4.69) is 21.2 Å². The first-order chi connectivity index (χ1) is 11.0. The smallest absolute Gasteiger partial charge is 0.239 e. The van der Waals surface area contributed by atoms with Gasteiger partial charge in [0.15, 0.2) is 0 Å². The number of hydrogen-bond donors (Lipinski definition) is 2. The van der Waals surface area contributed by atoms with Gasteiger partial charge in [-0.25, -0.2) is 0 Å². The predicted octanol–water partition coefficient (Wildman–Crippen LogP) is 2.05. The van der Waals surface area contributed by atoms with E-state index >= 15 is 0 Å². The van der Waals surface area contributed by atoms with E-state index in [9.17, 15) is 9.59 Å². The van der Waals surface area contributed by atoms with Gasteiger partial charge in [0.25, 0.3) is 0 Å². The molecule has 1 saturated carbocycles. The third-order valence-electron chi connectivity index (χ3n) is 4.98. The average molecular weight is 380 g/mol. The summed E-state index contributed by atoms with van der Waals surface area (Å²) in [5.74, 6) is -0.506. The second kappa shape index (κ2) is 6.24. The summed E-state index contributed by atoms with van der Waals surface area (Å²) in [5.41, 5.74) is 6.28. The number of amides is 2. The summed E-state index contributed by atoms with van der Waals surface area (Å²) in [6.45, 7) is 2.94. The summed E-state index contributed by atoms with van der Waals surface area (Å²) in [6.07, 6.45) is 2.72. The molecule has 1 aromatic carbocycles. The Kier molecular flexibility index (Phi) is 4.47. The van der Waals surface area contributed by atoms with Crippen LogP contribution < -0.4 is 16.0 Å². The molecule has 6 heteroatoms. The first-order valence-electron chi connectivity index (χ1n) is 8.04. The summed E-state index contributed by atoms with van der Waals surface area (Å²) in [4.78, 5) is 27.0. The number of benzene rings is 1. The Bertz CT molecular complexity index is 632. The number of nitrogens with two attached hydrogens (primary N) is 1. The van der Waals surface area contributed by atoms with Gasteiger partial charge in [-0.2, -0.15) is 0 Å². The first kappa shape index (κ1) is 16.5. The molecule has 1 saturated heterocycles. The molecule has 1 aliphatic heterocycles. The zero-order valence-corrected chi connectivity index (χ0v) is 14.8. The SMILES string of the molecule is CC(CN)(NC(=O)C1CCN(c2ccccc2Br)C1=O)C1CC1. The molecule has 0 aromatic heterocycles. The van der Waals surface area contributed by atoms with Crippen LogP contribution in [0.5, 0.6) is 0 Å². The minimum absolute atomic E-state index is 0.135. The van der Waals surface area contributed by atoms with E-state index in [1.165, 1.54) is 0 Å². The standard InChI is InChI=1S/C17H22BrN3O2/c1-17(10-19,11-6-7-11)20-15(22)12-8-9-21(16(12)23)14-5-3-2-4-13(14)18/h2-5,11-12H,6-10,19H2,1H3,(H,20,22). The molecule has 3 N–H and O–H groups in total. The van der Waals surface area contributed by atoms with Crippen molar-refractivity contribution in [3.05, 3.63) is 28.7 Å². The van der Waals surface area contributed by atoms with Crippen molar-refractivity contribution in [2.24, 2.45) is 17.6 Å². The van der Waals surface area contributed by atoms with Crippen LogP contribution in [0.15, 0.2) is 28.7 Å². The van der Waals surface area contributed by atoms with E-state index in [0.29, 0.717) is 25.4 Å². The Morgan fingerprint density at radius 2 is 2.09 bits per heavy atom. The first-order valence-corrected chi connectivity index (χ1v) is 8.83. The molecular weight excluding hydrogens is 358 g/mol. The Balaban J connectivity index is 1.71. The van der Waals surface area contributed by atoms with Gasteiger partial charge in [-0.15, -0.1) is 0 Å². The summed E-state index contributed by atoms with van der Waals surface area (Å²) < 4.78 is 0.860. The quantitative estimate of drug-likeness (QED) is 0.768. The molecule has 1 aliphatic carbocycles. The zero-order valence-electron chi connectivity index (χ0n) is 13.2. The summed E-state index contributed by atoms with van der Waals surface area (Å²) in [7, 11) is 0. The van der Waals surface area contributed by atoms with Crippen molar-refractivity contribution in [3.63, 3.8) is 0 Å². The number of nitrogens with zero attached hydrogens (tertiary/aromatic N) is 1. The normalized spacial score (nSPS) is 23.7. The third kappa shape index (κ3) is 3.15. The highest BCUT2D eigenvalue weighted by atomic mass is 79.9. The molecule has 2 amide bonds. The lowest BCUT2D eigenvalue weighted by atomic mass is 9.94. The van der Waals surface area contributed by atoms with Crippen LogP contribution in [0.1, 0.15) is 26.2 Å². The Hall–Kier alpha value is -1.40. The van der Waals surface area contributed by atoms with E-state index in [4.69, 9.17) is 5.73 Å². The van der Waals surface area contributed by atoms with Crippen molar-refractivity contribution in [1.82, 2.24) is 5.32 Å². The molecule has 0 bridgehead atoms. The maximum Gasteiger partial charge on any atom is 0.239 e. The fourth-order valence-electron chi connectivity index (χ4n) is 3.24. The molecule has 0 radical (unpaired) electrons. The third-order valence-corrected chi connectivity index (χ3v) is 5.65. The molecule has 2 atom stereocenters. The van der Waals surface area contributed by atoms with Gasteiger partial charge < -0.3 is 16.0 Å². The molecule has 2 aliphatic rings. The van der Waals surface area contributed by atoms with Crippen molar-refractivity contribution in [1.29, 1.82) is 0 Å². The Morgan fingerprint density at radius 3 is 2.70 bits per heavy atom. The Morgan fingerprint density at radius 1 is 1.39 bits per heavy atom. The molecule has 2 unspecified atom stereocenters. The lowest BCUT2D eigenvalue weighted by Crippen LogP contribution is -2.55. The number of carbonyl (C=O) groups is 2. The predicted molar refractivity (Wildman–Crippen MR) is 92.9 cm³/mol. The summed E-state index contributed by atoms with van der Waals surface area (Å²) >= 11 is 3.47. The topological polar surface area (TPSA) is 75.4 Å². The fraction of sp³-hybridized carbons (Fsp3) is 0.529. The van der Waals surface area contributed by atoms with E-state index in [0.717, 1.165) is 23.0 Å². The highest BCUT2D eigenvalue weighted by Gasteiger charge is 2.45. The molecule has 0 spiro atoms. The minimum Gasteiger partial charge on any atom is -0.349 e. The average Bonchev–Trinajstić information content (AvgIpc) is 3.32. The van der Waals surface area contributed by atoms with Crippen molar-refractivity contribution >= 4 is 33.4 Å². The van der Waals surface area contributed by atoms with Crippen molar-refractivity contribution in [2.45, 2.75) is 31.7 Å². The lowest BCUT2D eigenvalue weighted by molar-refractivity contribution is -0.133. The largest absolute Gasteiger partial charge is 0.349 e. The molecule has 5 nitrogen and oxygen atoms in total. The maximum absolute atomic E-state index is 12.7. The Labute approximate surface area is 144 Å². The van der Waals surface area contributed by atoms with Crippen LogP contribution in [-0.4, -0.2) is 30.4 Å². The number of hydrogen-bond acceptors (Lipinski definition) is 3. The molecule has 23 heavy (non-hydrogen) atoms. The second-order valence-electron chi connectivity index (χ2n) is 6.67. The van der Waals surface area contributed by atoms with E-state index < -0.39 is 11.5 Å². The monoisotopic (exact) mass is 379 g/mol. The molecule has 2 fully saturated rings. The molecular formula is C17H22BrN3O2. The highest BCUT2D eigenvalue weighted by Crippen LogP contribution is 2.39. The number of nitrogens with one attached hydrogen (secondary N) is 1. The summed E-state index contributed by atoms with van der Waals surface area (Å²) in [6, 6.07) is 7.57. The van der Waals surface area contributed by atoms with Gasteiger partial charge in [-0.3, -0.25) is 9.59 Å². The van der Waals surface area contributed by atoms with Crippen LogP contribution in [0.4, 0.5) is 5.69 Å². The van der Waals surface area contributed by atoms with Crippen LogP contribution in [0.25, 0.3) is 0 Å².